The first-order valence-corrected chi connectivity index (χ1v) is 11.0. The van der Waals surface area contributed by atoms with Gasteiger partial charge in [-0.25, -0.2) is 4.90 Å². The standard InChI is InChI=1S/C24H25N3O6/c1-31-17-6-4-5-16(13-17)27-22(28)14-18(23(27)29)25-9-11-26(12-10-25)24(30)21-15-32-19-7-2-3-8-20(19)33-21/h2-8,13,18,21H,9-12,14-15H2,1H3. The van der Waals surface area contributed by atoms with Crippen LogP contribution in [0.4, 0.5) is 5.69 Å². The molecule has 2 aromatic carbocycles. The number of carbonyl (C=O) groups is 3. The number of benzene rings is 2. The number of hydrogen-bond acceptors (Lipinski definition) is 7. The zero-order valence-corrected chi connectivity index (χ0v) is 18.3. The molecule has 3 aliphatic rings. The molecular weight excluding hydrogens is 426 g/mol. The largest absolute Gasteiger partial charge is 0.497 e. The summed E-state index contributed by atoms with van der Waals surface area (Å²) in [6, 6.07) is 13.7. The zero-order chi connectivity index (χ0) is 22.9. The van der Waals surface area contributed by atoms with Crippen LogP contribution in [0.1, 0.15) is 6.42 Å². The highest BCUT2D eigenvalue weighted by molar-refractivity contribution is 6.22. The molecule has 5 rings (SSSR count). The Balaban J connectivity index is 1.20. The van der Waals surface area contributed by atoms with Gasteiger partial charge in [-0.05, 0) is 24.3 Å². The second-order valence-electron chi connectivity index (χ2n) is 8.21. The minimum Gasteiger partial charge on any atom is -0.497 e. The predicted molar refractivity (Wildman–Crippen MR) is 118 cm³/mol. The molecule has 0 spiro atoms. The minimum atomic E-state index is -0.690. The third-order valence-corrected chi connectivity index (χ3v) is 6.29. The topological polar surface area (TPSA) is 88.6 Å². The molecule has 2 aromatic rings. The van der Waals surface area contributed by atoms with Gasteiger partial charge < -0.3 is 19.1 Å². The molecule has 0 N–H and O–H groups in total. The van der Waals surface area contributed by atoms with Crippen LogP contribution >= 0.6 is 0 Å². The average molecular weight is 451 g/mol. The number of fused-ring (bicyclic) bond motifs is 1. The Bertz CT molecular complexity index is 1080. The Morgan fingerprint density at radius 2 is 1.76 bits per heavy atom. The Kier molecular flexibility index (Phi) is 5.63. The van der Waals surface area contributed by atoms with E-state index in [9.17, 15) is 14.4 Å². The summed E-state index contributed by atoms with van der Waals surface area (Å²) in [5, 5.41) is 0. The Morgan fingerprint density at radius 3 is 2.52 bits per heavy atom. The van der Waals surface area contributed by atoms with Crippen LogP contribution in [0.5, 0.6) is 17.2 Å². The summed E-state index contributed by atoms with van der Waals surface area (Å²) in [4.78, 5) is 43.7. The van der Waals surface area contributed by atoms with E-state index in [-0.39, 0.29) is 30.7 Å². The SMILES string of the molecule is COc1cccc(N2C(=O)CC(N3CCN(C(=O)C4COc5ccccc5O4)CC3)C2=O)c1. The minimum absolute atomic E-state index is 0.125. The third-order valence-electron chi connectivity index (χ3n) is 6.29. The number of amides is 3. The van der Waals surface area contributed by atoms with Gasteiger partial charge in [0.2, 0.25) is 12.0 Å². The number of rotatable bonds is 4. The lowest BCUT2D eigenvalue weighted by Crippen LogP contribution is -2.57. The molecule has 9 nitrogen and oxygen atoms in total. The van der Waals surface area contributed by atoms with Crippen LogP contribution in [-0.2, 0) is 14.4 Å². The molecule has 9 heteroatoms. The van der Waals surface area contributed by atoms with E-state index in [2.05, 4.69) is 0 Å². The lowest BCUT2D eigenvalue weighted by molar-refractivity contribution is -0.143. The number of imide groups is 1. The lowest BCUT2D eigenvalue weighted by Gasteiger charge is -2.38. The molecule has 33 heavy (non-hydrogen) atoms. The number of anilines is 1. The number of hydrogen-bond donors (Lipinski definition) is 0. The van der Waals surface area contributed by atoms with Crippen molar-refractivity contribution < 1.29 is 28.6 Å². The fourth-order valence-corrected chi connectivity index (χ4v) is 4.52. The lowest BCUT2D eigenvalue weighted by atomic mass is 10.1. The molecule has 0 saturated carbocycles. The summed E-state index contributed by atoms with van der Waals surface area (Å²) in [5.74, 6) is 1.18. The fraction of sp³-hybridized carbons (Fsp3) is 0.375. The first kappa shape index (κ1) is 21.3. The molecule has 172 valence electrons. The summed E-state index contributed by atoms with van der Waals surface area (Å²) in [5.41, 5.74) is 0.510. The maximum atomic E-state index is 13.1. The first-order chi connectivity index (χ1) is 16.0. The van der Waals surface area contributed by atoms with E-state index in [1.807, 2.05) is 23.1 Å². The van der Waals surface area contributed by atoms with Crippen molar-refractivity contribution in [1.82, 2.24) is 9.80 Å². The van der Waals surface area contributed by atoms with Gasteiger partial charge in [0.1, 0.15) is 12.4 Å². The van der Waals surface area contributed by atoms with E-state index < -0.39 is 12.1 Å². The maximum absolute atomic E-state index is 13.1. The van der Waals surface area contributed by atoms with Gasteiger partial charge in [0.05, 0.1) is 25.3 Å². The average Bonchev–Trinajstić information content (AvgIpc) is 3.17. The quantitative estimate of drug-likeness (QED) is 0.648. The normalized spacial score (nSPS) is 23.1. The van der Waals surface area contributed by atoms with E-state index in [1.165, 1.54) is 4.90 Å². The highest BCUT2D eigenvalue weighted by atomic mass is 16.6. The second-order valence-corrected chi connectivity index (χ2v) is 8.21. The molecule has 2 atom stereocenters. The molecule has 2 fully saturated rings. The van der Waals surface area contributed by atoms with Crippen LogP contribution in [0, 0.1) is 0 Å². The second kappa shape index (κ2) is 8.74. The smallest absolute Gasteiger partial charge is 0.267 e. The number of methoxy groups -OCH3 is 1. The van der Waals surface area contributed by atoms with Crippen molar-refractivity contribution >= 4 is 23.4 Å². The van der Waals surface area contributed by atoms with Gasteiger partial charge in [0.15, 0.2) is 11.5 Å². The highest BCUT2D eigenvalue weighted by Crippen LogP contribution is 2.32. The van der Waals surface area contributed by atoms with Crippen molar-refractivity contribution in [2.24, 2.45) is 0 Å². The fourth-order valence-electron chi connectivity index (χ4n) is 4.52. The summed E-state index contributed by atoms with van der Waals surface area (Å²) in [6.07, 6.45) is -0.565. The van der Waals surface area contributed by atoms with E-state index in [4.69, 9.17) is 14.2 Å². The van der Waals surface area contributed by atoms with E-state index in [1.54, 1.807) is 42.3 Å². The number of ether oxygens (including phenoxy) is 3. The van der Waals surface area contributed by atoms with Crippen molar-refractivity contribution in [3.8, 4) is 17.2 Å². The van der Waals surface area contributed by atoms with Crippen molar-refractivity contribution in [2.45, 2.75) is 18.6 Å². The molecule has 3 aliphatic heterocycles. The molecule has 0 aromatic heterocycles. The number of piperazine rings is 1. The van der Waals surface area contributed by atoms with Gasteiger partial charge in [-0.3, -0.25) is 19.3 Å². The van der Waals surface area contributed by atoms with Crippen LogP contribution in [0.25, 0.3) is 0 Å². The summed E-state index contributed by atoms with van der Waals surface area (Å²) >= 11 is 0. The van der Waals surface area contributed by atoms with Crippen LogP contribution in [0.2, 0.25) is 0 Å². The number of para-hydroxylation sites is 2. The molecule has 3 amide bonds. The van der Waals surface area contributed by atoms with Gasteiger partial charge >= 0.3 is 0 Å². The Hall–Kier alpha value is -3.59. The maximum Gasteiger partial charge on any atom is 0.267 e. The van der Waals surface area contributed by atoms with Crippen molar-refractivity contribution in [3.05, 3.63) is 48.5 Å². The van der Waals surface area contributed by atoms with Crippen molar-refractivity contribution in [2.75, 3.05) is 44.8 Å². The number of nitrogens with zero attached hydrogens (tertiary/aromatic N) is 3. The van der Waals surface area contributed by atoms with Gasteiger partial charge in [0, 0.05) is 32.2 Å². The van der Waals surface area contributed by atoms with Gasteiger partial charge in [-0.1, -0.05) is 18.2 Å². The van der Waals surface area contributed by atoms with E-state index >= 15 is 0 Å². The van der Waals surface area contributed by atoms with E-state index in [0.717, 1.165) is 0 Å². The highest BCUT2D eigenvalue weighted by Gasteiger charge is 2.44. The van der Waals surface area contributed by atoms with Gasteiger partial charge in [-0.2, -0.15) is 0 Å². The van der Waals surface area contributed by atoms with Gasteiger partial charge in [-0.15, -0.1) is 0 Å². The van der Waals surface area contributed by atoms with Crippen LogP contribution in [0.3, 0.4) is 0 Å². The molecule has 3 heterocycles. The summed E-state index contributed by atoms with van der Waals surface area (Å²) in [7, 11) is 1.54. The third kappa shape index (κ3) is 4.00. The first-order valence-electron chi connectivity index (χ1n) is 11.0. The summed E-state index contributed by atoms with van der Waals surface area (Å²) in [6.45, 7) is 2.09. The predicted octanol–water partition coefficient (Wildman–Crippen LogP) is 1.31. The monoisotopic (exact) mass is 451 g/mol. The van der Waals surface area contributed by atoms with Crippen LogP contribution < -0.4 is 19.1 Å². The Morgan fingerprint density at radius 1 is 1.00 bits per heavy atom. The van der Waals surface area contributed by atoms with Crippen molar-refractivity contribution in [3.63, 3.8) is 0 Å². The van der Waals surface area contributed by atoms with Crippen LogP contribution in [-0.4, -0.2) is 79.6 Å². The molecule has 0 bridgehead atoms. The molecular formula is C24H25N3O6. The number of carbonyl (C=O) groups excluding carboxylic acids is 3. The van der Waals surface area contributed by atoms with Crippen LogP contribution in [0.15, 0.2) is 48.5 Å². The summed E-state index contributed by atoms with van der Waals surface area (Å²) < 4.78 is 16.7. The molecule has 0 aliphatic carbocycles. The van der Waals surface area contributed by atoms with Gasteiger partial charge in [0.25, 0.3) is 11.8 Å². The van der Waals surface area contributed by atoms with E-state index in [0.29, 0.717) is 49.1 Å². The Labute approximate surface area is 191 Å². The van der Waals surface area contributed by atoms with Crippen molar-refractivity contribution in [1.29, 1.82) is 0 Å². The molecule has 2 saturated heterocycles. The molecule has 2 unspecified atom stereocenters. The zero-order valence-electron chi connectivity index (χ0n) is 18.3. The molecule has 0 radical (unpaired) electrons.